The Morgan fingerprint density at radius 3 is 2.28 bits per heavy atom. The van der Waals surface area contributed by atoms with Crippen LogP contribution in [0.25, 0.3) is 0 Å². The summed E-state index contributed by atoms with van der Waals surface area (Å²) in [6.45, 7) is 4.52. The zero-order chi connectivity index (χ0) is 18.1. The number of amides is 2. The molecule has 0 unspecified atom stereocenters. The van der Waals surface area contributed by atoms with Gasteiger partial charge in [0.2, 0.25) is 11.8 Å². The van der Waals surface area contributed by atoms with Gasteiger partial charge in [0.1, 0.15) is 18.1 Å². The van der Waals surface area contributed by atoms with Crippen LogP contribution in [0.3, 0.4) is 0 Å². The van der Waals surface area contributed by atoms with E-state index in [-0.39, 0.29) is 11.8 Å². The van der Waals surface area contributed by atoms with Crippen LogP contribution in [-0.4, -0.2) is 61.5 Å². The van der Waals surface area contributed by atoms with Crippen LogP contribution in [0.5, 0.6) is 11.5 Å². The lowest BCUT2D eigenvalue weighted by Gasteiger charge is -2.28. The van der Waals surface area contributed by atoms with Crippen LogP contribution < -0.4 is 9.47 Å². The predicted molar refractivity (Wildman–Crippen MR) is 95.8 cm³/mol. The average Bonchev–Trinajstić information content (AvgIpc) is 2.65. The Balaban J connectivity index is 1.73. The first-order valence-corrected chi connectivity index (χ1v) is 8.90. The Morgan fingerprint density at radius 2 is 1.68 bits per heavy atom. The first-order chi connectivity index (χ1) is 12.1. The summed E-state index contributed by atoms with van der Waals surface area (Å²) in [5.41, 5.74) is 0. The van der Waals surface area contributed by atoms with Gasteiger partial charge in [0.25, 0.3) is 0 Å². The third-order valence-electron chi connectivity index (χ3n) is 4.44. The predicted octanol–water partition coefficient (Wildman–Crippen LogP) is 2.33. The number of carbonyl (C=O) groups excluding carboxylic acids is 2. The summed E-state index contributed by atoms with van der Waals surface area (Å²) in [6, 6.07) is 7.32. The number of rotatable bonds is 8. The number of carbonyl (C=O) groups is 2. The maximum Gasteiger partial charge on any atom is 0.224 e. The number of ether oxygens (including phenoxy) is 2. The van der Waals surface area contributed by atoms with Gasteiger partial charge in [-0.3, -0.25) is 9.59 Å². The highest BCUT2D eigenvalue weighted by molar-refractivity contribution is 5.78. The molecule has 25 heavy (non-hydrogen) atoms. The van der Waals surface area contributed by atoms with Crippen molar-refractivity contribution >= 4 is 11.8 Å². The van der Waals surface area contributed by atoms with Crippen LogP contribution in [0.4, 0.5) is 0 Å². The van der Waals surface area contributed by atoms with Gasteiger partial charge in [-0.25, -0.2) is 0 Å². The van der Waals surface area contributed by atoms with E-state index in [1.807, 2.05) is 29.2 Å². The van der Waals surface area contributed by atoms with E-state index in [0.717, 1.165) is 37.4 Å². The van der Waals surface area contributed by atoms with Crippen molar-refractivity contribution in [3.63, 3.8) is 0 Å². The van der Waals surface area contributed by atoms with Crippen molar-refractivity contribution in [1.82, 2.24) is 9.80 Å². The molecule has 0 bridgehead atoms. The van der Waals surface area contributed by atoms with Gasteiger partial charge in [-0.05, 0) is 43.5 Å². The molecule has 1 aliphatic rings. The molecule has 1 aromatic carbocycles. The Kier molecular flexibility index (Phi) is 7.57. The standard InChI is InChI=1S/C19H28N2O4/c1-16(22)20(13-10-19(23)21-11-4-3-5-12-21)14-15-25-18-8-6-17(24-2)7-9-18/h6-9H,3-5,10-15H2,1-2H3. The summed E-state index contributed by atoms with van der Waals surface area (Å²) in [5, 5.41) is 0. The molecule has 138 valence electrons. The molecule has 1 fully saturated rings. The largest absolute Gasteiger partial charge is 0.497 e. The van der Waals surface area contributed by atoms with E-state index < -0.39 is 0 Å². The molecular formula is C19H28N2O4. The zero-order valence-corrected chi connectivity index (χ0v) is 15.2. The Hall–Kier alpha value is -2.24. The molecule has 6 nitrogen and oxygen atoms in total. The molecule has 0 N–H and O–H groups in total. The van der Waals surface area contributed by atoms with E-state index in [1.165, 1.54) is 13.3 Å². The lowest BCUT2D eigenvalue weighted by molar-refractivity contribution is -0.134. The lowest BCUT2D eigenvalue weighted by Crippen LogP contribution is -2.39. The van der Waals surface area contributed by atoms with E-state index in [0.29, 0.717) is 26.1 Å². The third kappa shape index (κ3) is 6.29. The SMILES string of the molecule is COc1ccc(OCCN(CCC(=O)N2CCCCC2)C(C)=O)cc1. The van der Waals surface area contributed by atoms with Gasteiger partial charge in [-0.2, -0.15) is 0 Å². The van der Waals surface area contributed by atoms with Crippen molar-refractivity contribution in [2.45, 2.75) is 32.6 Å². The highest BCUT2D eigenvalue weighted by atomic mass is 16.5. The molecule has 2 rings (SSSR count). The van der Waals surface area contributed by atoms with Crippen molar-refractivity contribution in [2.75, 3.05) is 39.9 Å². The van der Waals surface area contributed by atoms with Gasteiger partial charge in [0, 0.05) is 33.0 Å². The average molecular weight is 348 g/mol. The zero-order valence-electron chi connectivity index (χ0n) is 15.2. The molecule has 1 aliphatic heterocycles. The van der Waals surface area contributed by atoms with Gasteiger partial charge < -0.3 is 19.3 Å². The number of hydrogen-bond donors (Lipinski definition) is 0. The second-order valence-electron chi connectivity index (χ2n) is 6.22. The fourth-order valence-corrected chi connectivity index (χ4v) is 2.90. The summed E-state index contributed by atoms with van der Waals surface area (Å²) >= 11 is 0. The number of likely N-dealkylation sites (tertiary alicyclic amines) is 1. The summed E-state index contributed by atoms with van der Waals surface area (Å²) < 4.78 is 10.8. The summed E-state index contributed by atoms with van der Waals surface area (Å²) in [6.07, 6.45) is 3.74. The maximum atomic E-state index is 12.2. The molecular weight excluding hydrogens is 320 g/mol. The molecule has 0 aromatic heterocycles. The molecule has 1 aromatic rings. The van der Waals surface area contributed by atoms with Crippen LogP contribution in [-0.2, 0) is 9.59 Å². The highest BCUT2D eigenvalue weighted by Gasteiger charge is 2.18. The Morgan fingerprint density at radius 1 is 1.04 bits per heavy atom. The Bertz CT molecular complexity index is 553. The van der Waals surface area contributed by atoms with Crippen LogP contribution in [0.1, 0.15) is 32.6 Å². The first-order valence-electron chi connectivity index (χ1n) is 8.90. The van der Waals surface area contributed by atoms with Crippen molar-refractivity contribution < 1.29 is 19.1 Å². The minimum Gasteiger partial charge on any atom is -0.497 e. The fraction of sp³-hybridized carbons (Fsp3) is 0.579. The summed E-state index contributed by atoms with van der Waals surface area (Å²) in [4.78, 5) is 27.6. The normalized spacial score (nSPS) is 14.1. The highest BCUT2D eigenvalue weighted by Crippen LogP contribution is 2.17. The monoisotopic (exact) mass is 348 g/mol. The second kappa shape index (κ2) is 9.91. The summed E-state index contributed by atoms with van der Waals surface area (Å²) in [5.74, 6) is 1.61. The molecule has 0 saturated carbocycles. The van der Waals surface area contributed by atoms with Crippen LogP contribution in [0, 0.1) is 0 Å². The molecule has 0 aliphatic carbocycles. The minimum atomic E-state index is -0.0372. The van der Waals surface area contributed by atoms with E-state index in [1.54, 1.807) is 12.0 Å². The van der Waals surface area contributed by atoms with E-state index in [4.69, 9.17) is 9.47 Å². The minimum absolute atomic E-state index is 0.0372. The Labute approximate surface area is 149 Å². The van der Waals surface area contributed by atoms with Gasteiger partial charge >= 0.3 is 0 Å². The molecule has 0 atom stereocenters. The summed E-state index contributed by atoms with van der Waals surface area (Å²) in [7, 11) is 1.62. The third-order valence-corrected chi connectivity index (χ3v) is 4.44. The number of piperidine rings is 1. The van der Waals surface area contributed by atoms with Crippen molar-refractivity contribution in [2.24, 2.45) is 0 Å². The number of methoxy groups -OCH3 is 1. The number of benzene rings is 1. The van der Waals surface area contributed by atoms with Crippen molar-refractivity contribution in [1.29, 1.82) is 0 Å². The second-order valence-corrected chi connectivity index (χ2v) is 6.22. The van der Waals surface area contributed by atoms with Crippen molar-refractivity contribution in [3.8, 4) is 11.5 Å². The van der Waals surface area contributed by atoms with E-state index in [9.17, 15) is 9.59 Å². The van der Waals surface area contributed by atoms with E-state index >= 15 is 0 Å². The molecule has 1 saturated heterocycles. The van der Waals surface area contributed by atoms with Crippen LogP contribution in [0.2, 0.25) is 0 Å². The smallest absolute Gasteiger partial charge is 0.224 e. The van der Waals surface area contributed by atoms with Crippen molar-refractivity contribution in [3.05, 3.63) is 24.3 Å². The number of nitrogens with zero attached hydrogens (tertiary/aromatic N) is 2. The quantitative estimate of drug-likeness (QED) is 0.723. The van der Waals surface area contributed by atoms with Gasteiger partial charge in [0.15, 0.2) is 0 Å². The first kappa shape index (κ1) is 19.1. The maximum absolute atomic E-state index is 12.2. The molecule has 0 radical (unpaired) electrons. The topological polar surface area (TPSA) is 59.1 Å². The van der Waals surface area contributed by atoms with Gasteiger partial charge in [-0.15, -0.1) is 0 Å². The fourth-order valence-electron chi connectivity index (χ4n) is 2.90. The molecule has 6 heteroatoms. The molecule has 0 spiro atoms. The molecule has 1 heterocycles. The van der Waals surface area contributed by atoms with Crippen LogP contribution >= 0.6 is 0 Å². The van der Waals surface area contributed by atoms with Gasteiger partial charge in [-0.1, -0.05) is 0 Å². The lowest BCUT2D eigenvalue weighted by atomic mass is 10.1. The number of hydrogen-bond acceptors (Lipinski definition) is 4. The molecule has 2 amide bonds. The van der Waals surface area contributed by atoms with Gasteiger partial charge in [0.05, 0.1) is 13.7 Å². The van der Waals surface area contributed by atoms with Crippen LogP contribution in [0.15, 0.2) is 24.3 Å². The van der Waals surface area contributed by atoms with E-state index in [2.05, 4.69) is 0 Å².